The zero-order chi connectivity index (χ0) is 52.7. The van der Waals surface area contributed by atoms with Gasteiger partial charge >= 0.3 is 0 Å². The summed E-state index contributed by atoms with van der Waals surface area (Å²) >= 11 is 0. The summed E-state index contributed by atoms with van der Waals surface area (Å²) in [4.78, 5) is 13.2. The third-order valence-corrected chi connectivity index (χ3v) is 5.22. The van der Waals surface area contributed by atoms with Crippen molar-refractivity contribution in [2.75, 3.05) is 10.6 Å². The molecule has 5 heteroatoms. The molecule has 2 N–H and O–H groups in total. The Bertz CT molecular complexity index is 1200. The Morgan fingerprint density at radius 1 is 0.312 bits per heavy atom. The van der Waals surface area contributed by atoms with Crippen molar-refractivity contribution in [1.29, 1.82) is 0 Å². The molecule has 0 saturated heterocycles. The highest BCUT2D eigenvalue weighted by Crippen LogP contribution is 2.11. The second-order valence-corrected chi connectivity index (χ2v) is 8.91. The van der Waals surface area contributed by atoms with E-state index in [1.165, 1.54) is 23.1 Å². The quantitative estimate of drug-likeness (QED) is 0.170. The molecule has 0 spiro atoms. The predicted octanol–water partition coefficient (Wildman–Crippen LogP) is 21.1. The Morgan fingerprint density at radius 2 is 0.547 bits per heavy atom. The van der Waals surface area contributed by atoms with Gasteiger partial charge in [0.05, 0.1) is 0 Å². The summed E-state index contributed by atoms with van der Waals surface area (Å²) < 4.78 is 0. The molecule has 5 rings (SSSR count). The van der Waals surface area contributed by atoms with Crippen LogP contribution in [-0.2, 0) is 19.5 Å². The van der Waals surface area contributed by atoms with Crippen LogP contribution in [0.25, 0.3) is 0 Å². The highest BCUT2D eigenvalue weighted by atomic mass is 15.2. The Morgan fingerprint density at radius 3 is 0.828 bits per heavy atom. The number of nitrogens with one attached hydrogen (secondary N) is 2. The fraction of sp³-hybridized carbons (Fsp3) is 0.542. The summed E-state index contributed by atoms with van der Waals surface area (Å²) in [5, 5.41) is 6.55. The maximum absolute atomic E-state index is 4.46. The molecule has 0 radical (unpaired) electrons. The number of benzene rings is 4. The van der Waals surface area contributed by atoms with E-state index in [1.54, 1.807) is 0 Å². The minimum Gasteiger partial charge on any atom is -0.350 e. The average molecular weight is 895 g/mol. The predicted molar refractivity (Wildman–Crippen MR) is 307 cm³/mol. The van der Waals surface area contributed by atoms with Crippen LogP contribution in [-0.4, -0.2) is 15.0 Å². The lowest BCUT2D eigenvalue weighted by atomic mass is 10.1. The molecule has 0 unspecified atom stereocenters. The SMILES string of the molecule is CC.CC.CC.CC.CC.CC.CC.CC.CC.CC.CC.CC.CCC.CCc1cccc(CNc2nc(C)nc(NCc3ccccc3)n2)c1.c1ccccc1.c1ccccc1. The molecule has 0 saturated carbocycles. The molecule has 64 heavy (non-hydrogen) atoms. The Kier molecular flexibility index (Phi) is 138. The van der Waals surface area contributed by atoms with Crippen LogP contribution in [0.15, 0.2) is 127 Å². The molecule has 1 aromatic heterocycles. The van der Waals surface area contributed by atoms with Gasteiger partial charge in [0.15, 0.2) is 0 Å². The normalized spacial score (nSPS) is 7.00. The molecule has 0 aliphatic carbocycles. The lowest BCUT2D eigenvalue weighted by Gasteiger charge is -2.10. The molecule has 5 nitrogen and oxygen atoms in total. The number of nitrogens with zero attached hydrogens (tertiary/aromatic N) is 3. The van der Waals surface area contributed by atoms with Crippen molar-refractivity contribution < 1.29 is 0 Å². The number of anilines is 2. The number of aromatic nitrogens is 3. The first-order valence-corrected chi connectivity index (χ1v) is 26.0. The van der Waals surface area contributed by atoms with Gasteiger partial charge in [-0.3, -0.25) is 0 Å². The summed E-state index contributed by atoms with van der Waals surface area (Å²) in [7, 11) is 0. The van der Waals surface area contributed by atoms with Gasteiger partial charge in [0, 0.05) is 13.1 Å². The molecule has 0 bridgehead atoms. The maximum atomic E-state index is 4.46. The van der Waals surface area contributed by atoms with Crippen LogP contribution in [0.3, 0.4) is 0 Å². The minimum atomic E-state index is 0.584. The summed E-state index contributed by atoms with van der Waals surface area (Å²) in [5.41, 5.74) is 3.74. The molecule has 1 heterocycles. The summed E-state index contributed by atoms with van der Waals surface area (Å²) in [5.74, 6) is 1.86. The van der Waals surface area contributed by atoms with E-state index in [0.29, 0.717) is 30.8 Å². The molecule has 0 atom stereocenters. The van der Waals surface area contributed by atoms with Crippen molar-refractivity contribution >= 4 is 11.9 Å². The van der Waals surface area contributed by atoms with Crippen molar-refractivity contribution in [3.05, 3.63) is 150 Å². The van der Waals surface area contributed by atoms with Gasteiger partial charge in [-0.15, -0.1) is 0 Å². The second-order valence-electron chi connectivity index (χ2n) is 8.91. The first-order valence-electron chi connectivity index (χ1n) is 26.0. The summed E-state index contributed by atoms with van der Waals surface area (Å²) in [6, 6.07) is 42.7. The van der Waals surface area contributed by atoms with E-state index >= 15 is 0 Å². The number of hydrogen-bond donors (Lipinski definition) is 2. The smallest absolute Gasteiger partial charge is 0.228 e. The van der Waals surface area contributed by atoms with E-state index < -0.39 is 0 Å². The summed E-state index contributed by atoms with van der Waals surface area (Å²) in [6.07, 6.45) is 2.28. The fourth-order valence-corrected chi connectivity index (χ4v) is 3.33. The standard InChI is InChI=1S/C20H23N5.2C6H6.C3H8.12C2H6/c1-3-16-10-7-11-18(12-16)14-22-20-24-15(2)23-19(25-20)21-13-17-8-5-4-6-9-17;2*1-2-4-6-5-3-1;1-3-2;12*1-2/h4-12H,3,13-14H2,1-2H3,(H2,21,22,23,24,25);2*1-6H;3H2,1-2H3;12*1-2H3. The minimum absolute atomic E-state index is 0.584. The van der Waals surface area contributed by atoms with E-state index in [-0.39, 0.29) is 0 Å². The van der Waals surface area contributed by atoms with Crippen LogP contribution >= 0.6 is 0 Å². The van der Waals surface area contributed by atoms with E-state index in [0.717, 1.165) is 6.42 Å². The third-order valence-electron chi connectivity index (χ3n) is 5.22. The van der Waals surface area contributed by atoms with Crippen molar-refractivity contribution in [3.8, 4) is 0 Å². The van der Waals surface area contributed by atoms with Gasteiger partial charge in [-0.2, -0.15) is 15.0 Å². The van der Waals surface area contributed by atoms with Crippen LogP contribution in [0.2, 0.25) is 0 Å². The van der Waals surface area contributed by atoms with Gasteiger partial charge in [-0.1, -0.05) is 321 Å². The molecule has 0 amide bonds. The molecule has 0 aliphatic rings. The fourth-order valence-electron chi connectivity index (χ4n) is 3.33. The first-order chi connectivity index (χ1) is 31.6. The van der Waals surface area contributed by atoms with E-state index in [9.17, 15) is 0 Å². The zero-order valence-corrected chi connectivity index (χ0v) is 48.3. The van der Waals surface area contributed by atoms with Gasteiger partial charge in [-0.25, -0.2) is 0 Å². The largest absolute Gasteiger partial charge is 0.350 e. The molecule has 0 fully saturated rings. The van der Waals surface area contributed by atoms with Gasteiger partial charge < -0.3 is 10.6 Å². The Balaban J connectivity index is -0.0000000663. The zero-order valence-electron chi connectivity index (χ0n) is 48.3. The van der Waals surface area contributed by atoms with Gasteiger partial charge in [0.25, 0.3) is 0 Å². The highest BCUT2D eigenvalue weighted by molar-refractivity contribution is 5.36. The Hall–Kier alpha value is -4.51. The molecule has 5 aromatic rings. The van der Waals surface area contributed by atoms with Crippen LogP contribution in [0.5, 0.6) is 0 Å². The lowest BCUT2D eigenvalue weighted by molar-refractivity contribution is 0.936. The van der Waals surface area contributed by atoms with Gasteiger partial charge in [0.1, 0.15) is 5.82 Å². The number of hydrogen-bond acceptors (Lipinski definition) is 5. The van der Waals surface area contributed by atoms with Gasteiger partial charge in [0.2, 0.25) is 11.9 Å². The third kappa shape index (κ3) is 74.9. The highest BCUT2D eigenvalue weighted by Gasteiger charge is 2.04. The van der Waals surface area contributed by atoms with E-state index in [4.69, 9.17) is 0 Å². The van der Waals surface area contributed by atoms with Crippen molar-refractivity contribution in [2.24, 2.45) is 0 Å². The van der Waals surface area contributed by atoms with Crippen LogP contribution in [0.1, 0.15) is 216 Å². The van der Waals surface area contributed by atoms with Gasteiger partial charge in [-0.05, 0) is 30.0 Å². The van der Waals surface area contributed by atoms with Crippen molar-refractivity contribution in [2.45, 2.75) is 220 Å². The number of aryl methyl sites for hydroxylation is 2. The van der Waals surface area contributed by atoms with Crippen LogP contribution < -0.4 is 10.6 Å². The van der Waals surface area contributed by atoms with Crippen LogP contribution in [0, 0.1) is 6.92 Å². The monoisotopic (exact) mass is 894 g/mol. The first kappa shape index (κ1) is 86.6. The molecular weight excluding hydrogens is 779 g/mol. The molecule has 4 aromatic carbocycles. The number of rotatable bonds is 7. The van der Waals surface area contributed by atoms with Crippen molar-refractivity contribution in [3.63, 3.8) is 0 Å². The molecular formula is C59H115N5. The maximum Gasteiger partial charge on any atom is 0.228 e. The van der Waals surface area contributed by atoms with E-state index in [1.807, 2.05) is 264 Å². The Labute approximate surface area is 405 Å². The molecule has 0 aliphatic heterocycles. The lowest BCUT2D eigenvalue weighted by Crippen LogP contribution is -2.10. The molecule has 376 valence electrons. The average Bonchev–Trinajstić information content (AvgIpc) is 3.44. The summed E-state index contributed by atoms with van der Waals surface area (Å²) in [6.45, 7) is 57.7. The van der Waals surface area contributed by atoms with Crippen LogP contribution in [0.4, 0.5) is 11.9 Å². The second kappa shape index (κ2) is 102. The van der Waals surface area contributed by atoms with Crippen molar-refractivity contribution in [1.82, 2.24) is 15.0 Å². The topological polar surface area (TPSA) is 62.7 Å². The van der Waals surface area contributed by atoms with E-state index in [2.05, 4.69) is 82.8 Å².